The molecule has 2 heterocycles. The Bertz CT molecular complexity index is 404. The van der Waals surface area contributed by atoms with Gasteiger partial charge >= 0.3 is 0 Å². The maximum Gasteiger partial charge on any atom is 0.205 e. The van der Waals surface area contributed by atoms with Crippen LogP contribution in [0.15, 0.2) is 0 Å². The highest BCUT2D eigenvalue weighted by atomic mass is 32.1. The van der Waals surface area contributed by atoms with Crippen molar-refractivity contribution in [1.29, 1.82) is 0 Å². The lowest BCUT2D eigenvalue weighted by Gasteiger charge is -2.42. The third-order valence-electron chi connectivity index (χ3n) is 3.67. The molecule has 0 atom stereocenters. The predicted octanol–water partition coefficient (Wildman–Crippen LogP) is 2.28. The van der Waals surface area contributed by atoms with Crippen molar-refractivity contribution >= 4 is 16.5 Å². The Balaban J connectivity index is 1.79. The highest BCUT2D eigenvalue weighted by molar-refractivity contribution is 7.15. The zero-order valence-electron chi connectivity index (χ0n) is 13.1. The number of piperazine rings is 1. The van der Waals surface area contributed by atoms with Crippen LogP contribution in [0.25, 0.3) is 0 Å². The quantitative estimate of drug-likeness (QED) is 0.903. The summed E-state index contributed by atoms with van der Waals surface area (Å²) in [7, 11) is 0. The molecule has 5 nitrogen and oxygen atoms in total. The SMILES string of the molecule is CCCNc1nnc(CN2CCN(C(C)(C)C)CC2)s1. The van der Waals surface area contributed by atoms with E-state index in [1.54, 1.807) is 11.3 Å². The number of hydrogen-bond acceptors (Lipinski definition) is 6. The van der Waals surface area contributed by atoms with Crippen LogP contribution >= 0.6 is 11.3 Å². The molecule has 0 spiro atoms. The lowest BCUT2D eigenvalue weighted by Crippen LogP contribution is -2.53. The summed E-state index contributed by atoms with van der Waals surface area (Å²) >= 11 is 1.68. The van der Waals surface area contributed by atoms with Crippen LogP contribution < -0.4 is 5.32 Å². The van der Waals surface area contributed by atoms with Gasteiger partial charge < -0.3 is 5.32 Å². The first-order valence-corrected chi connectivity index (χ1v) is 8.34. The lowest BCUT2D eigenvalue weighted by molar-refractivity contribution is 0.0590. The number of aromatic nitrogens is 2. The number of anilines is 1. The molecule has 1 aromatic rings. The highest BCUT2D eigenvalue weighted by Gasteiger charge is 2.26. The van der Waals surface area contributed by atoms with Gasteiger partial charge in [0.2, 0.25) is 5.13 Å². The largest absolute Gasteiger partial charge is 0.360 e. The fourth-order valence-corrected chi connectivity index (χ4v) is 3.20. The molecule has 114 valence electrons. The molecule has 6 heteroatoms. The van der Waals surface area contributed by atoms with Gasteiger partial charge in [0.25, 0.3) is 0 Å². The summed E-state index contributed by atoms with van der Waals surface area (Å²) in [5, 5.41) is 13.8. The van der Waals surface area contributed by atoms with Crippen molar-refractivity contribution in [2.75, 3.05) is 38.0 Å². The normalized spacial score (nSPS) is 18.4. The minimum Gasteiger partial charge on any atom is -0.360 e. The van der Waals surface area contributed by atoms with Gasteiger partial charge in [0.05, 0.1) is 6.54 Å². The summed E-state index contributed by atoms with van der Waals surface area (Å²) in [4.78, 5) is 5.03. The third kappa shape index (κ3) is 4.40. The van der Waals surface area contributed by atoms with Crippen LogP contribution in [0.2, 0.25) is 0 Å². The summed E-state index contributed by atoms with van der Waals surface area (Å²) in [5.41, 5.74) is 0.284. The van der Waals surface area contributed by atoms with Crippen molar-refractivity contribution in [2.45, 2.75) is 46.2 Å². The van der Waals surface area contributed by atoms with Crippen LogP contribution in [-0.2, 0) is 6.54 Å². The van der Waals surface area contributed by atoms with E-state index in [9.17, 15) is 0 Å². The van der Waals surface area contributed by atoms with Gasteiger partial charge in [-0.15, -0.1) is 10.2 Å². The molecule has 0 bridgehead atoms. The number of rotatable bonds is 5. The Labute approximate surface area is 126 Å². The predicted molar refractivity (Wildman–Crippen MR) is 85.3 cm³/mol. The minimum absolute atomic E-state index is 0.284. The van der Waals surface area contributed by atoms with Crippen molar-refractivity contribution in [3.63, 3.8) is 0 Å². The molecule has 20 heavy (non-hydrogen) atoms. The zero-order valence-corrected chi connectivity index (χ0v) is 14.0. The van der Waals surface area contributed by atoms with Gasteiger partial charge in [-0.25, -0.2) is 0 Å². The van der Waals surface area contributed by atoms with Crippen molar-refractivity contribution in [3.05, 3.63) is 5.01 Å². The summed E-state index contributed by atoms with van der Waals surface area (Å²) < 4.78 is 0. The van der Waals surface area contributed by atoms with Crippen LogP contribution in [0.4, 0.5) is 5.13 Å². The van der Waals surface area contributed by atoms with E-state index in [1.807, 2.05) is 0 Å². The van der Waals surface area contributed by atoms with E-state index in [1.165, 1.54) is 0 Å². The highest BCUT2D eigenvalue weighted by Crippen LogP contribution is 2.20. The average molecular weight is 297 g/mol. The second-order valence-electron chi connectivity index (χ2n) is 6.36. The lowest BCUT2D eigenvalue weighted by atomic mass is 10.1. The fraction of sp³-hybridized carbons (Fsp3) is 0.857. The molecule has 1 aliphatic heterocycles. The van der Waals surface area contributed by atoms with Crippen LogP contribution in [0.3, 0.4) is 0 Å². The molecule has 2 rings (SSSR count). The van der Waals surface area contributed by atoms with Gasteiger partial charge in [-0.2, -0.15) is 0 Å². The topological polar surface area (TPSA) is 44.3 Å². The Hall–Kier alpha value is -0.720. The van der Waals surface area contributed by atoms with E-state index in [-0.39, 0.29) is 5.54 Å². The number of nitrogens with one attached hydrogen (secondary N) is 1. The Morgan fingerprint density at radius 3 is 2.45 bits per heavy atom. The monoisotopic (exact) mass is 297 g/mol. The summed E-state index contributed by atoms with van der Waals surface area (Å²) in [6.07, 6.45) is 1.11. The van der Waals surface area contributed by atoms with Crippen molar-refractivity contribution in [2.24, 2.45) is 0 Å². The van der Waals surface area contributed by atoms with Gasteiger partial charge in [0, 0.05) is 38.3 Å². The number of hydrogen-bond donors (Lipinski definition) is 1. The molecule has 0 amide bonds. The van der Waals surface area contributed by atoms with Gasteiger partial charge in [0.1, 0.15) is 5.01 Å². The number of nitrogens with zero attached hydrogens (tertiary/aromatic N) is 4. The van der Waals surface area contributed by atoms with Gasteiger partial charge in [0.15, 0.2) is 0 Å². The molecule has 0 aromatic carbocycles. The van der Waals surface area contributed by atoms with E-state index in [0.717, 1.165) is 55.8 Å². The summed E-state index contributed by atoms with van der Waals surface area (Å²) in [6, 6.07) is 0. The molecule has 0 saturated carbocycles. The standard InChI is InChI=1S/C14H27N5S/c1-5-6-15-13-17-16-12(20-13)11-18-7-9-19(10-8-18)14(2,3)4/h5-11H2,1-4H3,(H,15,17). The molecule has 0 aliphatic carbocycles. The van der Waals surface area contributed by atoms with Crippen molar-refractivity contribution < 1.29 is 0 Å². The molecular formula is C14H27N5S. The Morgan fingerprint density at radius 1 is 1.15 bits per heavy atom. The summed E-state index contributed by atoms with van der Waals surface area (Å²) in [6.45, 7) is 15.5. The molecule has 0 radical (unpaired) electrons. The summed E-state index contributed by atoms with van der Waals surface area (Å²) in [5.74, 6) is 0. The molecule has 1 N–H and O–H groups in total. The first-order valence-electron chi connectivity index (χ1n) is 7.52. The van der Waals surface area contributed by atoms with Crippen molar-refractivity contribution in [1.82, 2.24) is 20.0 Å². The molecule has 1 fully saturated rings. The smallest absolute Gasteiger partial charge is 0.205 e. The third-order valence-corrected chi connectivity index (χ3v) is 4.54. The van der Waals surface area contributed by atoms with Crippen LogP contribution in [-0.4, -0.2) is 58.3 Å². The molecule has 1 saturated heterocycles. The van der Waals surface area contributed by atoms with E-state index < -0.39 is 0 Å². The Morgan fingerprint density at radius 2 is 1.85 bits per heavy atom. The van der Waals surface area contributed by atoms with E-state index in [4.69, 9.17) is 0 Å². The van der Waals surface area contributed by atoms with Crippen LogP contribution in [0, 0.1) is 0 Å². The first kappa shape index (κ1) is 15.7. The van der Waals surface area contributed by atoms with Gasteiger partial charge in [-0.3, -0.25) is 9.80 Å². The first-order chi connectivity index (χ1) is 9.49. The maximum absolute atomic E-state index is 4.28. The molecule has 0 unspecified atom stereocenters. The molecule has 1 aliphatic rings. The zero-order chi connectivity index (χ0) is 14.6. The second-order valence-corrected chi connectivity index (χ2v) is 7.42. The van der Waals surface area contributed by atoms with Gasteiger partial charge in [-0.1, -0.05) is 18.3 Å². The van der Waals surface area contributed by atoms with E-state index in [2.05, 4.69) is 53.0 Å². The second kappa shape index (κ2) is 6.83. The van der Waals surface area contributed by atoms with E-state index >= 15 is 0 Å². The van der Waals surface area contributed by atoms with Crippen LogP contribution in [0.1, 0.15) is 39.1 Å². The van der Waals surface area contributed by atoms with Crippen molar-refractivity contribution in [3.8, 4) is 0 Å². The maximum atomic E-state index is 4.28. The Kier molecular flexibility index (Phi) is 5.35. The molecular weight excluding hydrogens is 270 g/mol. The fourth-order valence-electron chi connectivity index (χ4n) is 2.39. The van der Waals surface area contributed by atoms with E-state index in [0.29, 0.717) is 0 Å². The average Bonchev–Trinajstić information content (AvgIpc) is 2.83. The minimum atomic E-state index is 0.284. The molecule has 1 aromatic heterocycles. The van der Waals surface area contributed by atoms with Crippen LogP contribution in [0.5, 0.6) is 0 Å². The van der Waals surface area contributed by atoms with Gasteiger partial charge in [-0.05, 0) is 27.2 Å².